The number of rotatable bonds is 7. The van der Waals surface area contributed by atoms with Crippen molar-refractivity contribution in [1.82, 2.24) is 0 Å². The van der Waals surface area contributed by atoms with E-state index < -0.39 is 13.9 Å². The van der Waals surface area contributed by atoms with Gasteiger partial charge >= 0.3 is 7.60 Å². The predicted molar refractivity (Wildman–Crippen MR) is 124 cm³/mol. The zero-order valence-electron chi connectivity index (χ0n) is 18.7. The summed E-state index contributed by atoms with van der Waals surface area (Å²) in [6, 6.07) is 5.83. The highest BCUT2D eigenvalue weighted by Gasteiger charge is 2.28. The molecule has 3 atom stereocenters. The lowest BCUT2D eigenvalue weighted by Crippen LogP contribution is -2.21. The average molecular weight is 445 g/mol. The second-order valence-electron chi connectivity index (χ2n) is 8.94. The molecule has 0 amide bonds. The Labute approximate surface area is 185 Å². The summed E-state index contributed by atoms with van der Waals surface area (Å²) in [6.45, 7) is 8.36. The van der Waals surface area contributed by atoms with E-state index in [2.05, 4.69) is 38.1 Å². The minimum Gasteiger partial charge on any atom is -0.508 e. The molecule has 3 N–H and O–H groups in total. The molecule has 0 aromatic heterocycles. The Balaban J connectivity index is 1.80. The smallest absolute Gasteiger partial charge is 0.362 e. The van der Waals surface area contributed by atoms with E-state index in [9.17, 15) is 9.67 Å². The van der Waals surface area contributed by atoms with Crippen LogP contribution in [-0.4, -0.2) is 21.2 Å². The van der Waals surface area contributed by atoms with Crippen molar-refractivity contribution in [1.29, 1.82) is 0 Å². The third-order valence-electron chi connectivity index (χ3n) is 6.28. The van der Waals surface area contributed by atoms with Crippen LogP contribution in [0.25, 0.3) is 0 Å². The first-order chi connectivity index (χ1) is 14.5. The van der Waals surface area contributed by atoms with Gasteiger partial charge in [-0.3, -0.25) is 4.57 Å². The summed E-state index contributed by atoms with van der Waals surface area (Å²) in [5.74, 6) is 1.67. The van der Waals surface area contributed by atoms with Crippen molar-refractivity contribution in [3.63, 3.8) is 0 Å². The van der Waals surface area contributed by atoms with Crippen LogP contribution in [0.15, 0.2) is 65.0 Å². The monoisotopic (exact) mass is 444 g/mol. The molecule has 6 heteroatoms. The van der Waals surface area contributed by atoms with Gasteiger partial charge in [-0.05, 0) is 66.0 Å². The summed E-state index contributed by atoms with van der Waals surface area (Å²) >= 11 is 0. The maximum absolute atomic E-state index is 11.2. The molecule has 0 radical (unpaired) electrons. The molecule has 31 heavy (non-hydrogen) atoms. The third kappa shape index (κ3) is 6.22. The number of phenols is 1. The lowest BCUT2D eigenvalue weighted by molar-refractivity contribution is 0.183. The molecule has 0 bridgehead atoms. The standard InChI is InChI=1S/C25H33O5P/c1-16-6-5-7-20(10-16)12-22-13-21(8-9-24(22)26)14-23-17(2)11-25(19(4)18(23)3)30-15-31(27,28)29/h5,7-11,13,16,18-19,26H,6,12,14-15H2,1-4H3,(H2,27,28,29). The maximum Gasteiger partial charge on any atom is 0.362 e. The van der Waals surface area contributed by atoms with E-state index in [4.69, 9.17) is 14.5 Å². The number of ether oxygens (including phenoxy) is 1. The fourth-order valence-electron chi connectivity index (χ4n) is 4.35. The van der Waals surface area contributed by atoms with E-state index in [-0.39, 0.29) is 11.8 Å². The third-order valence-corrected chi connectivity index (χ3v) is 6.75. The molecule has 0 aliphatic heterocycles. The van der Waals surface area contributed by atoms with Crippen LogP contribution in [0.5, 0.6) is 5.75 Å². The molecule has 1 aromatic carbocycles. The van der Waals surface area contributed by atoms with E-state index in [0.29, 0.717) is 23.8 Å². The van der Waals surface area contributed by atoms with Gasteiger partial charge in [0.15, 0.2) is 6.35 Å². The van der Waals surface area contributed by atoms with E-state index in [1.807, 2.05) is 26.0 Å². The zero-order valence-corrected chi connectivity index (χ0v) is 19.6. The van der Waals surface area contributed by atoms with Gasteiger partial charge in [0.1, 0.15) is 11.5 Å². The molecule has 0 spiro atoms. The van der Waals surface area contributed by atoms with Gasteiger partial charge in [0.25, 0.3) is 0 Å². The van der Waals surface area contributed by atoms with Gasteiger partial charge in [0.2, 0.25) is 0 Å². The van der Waals surface area contributed by atoms with E-state index >= 15 is 0 Å². The van der Waals surface area contributed by atoms with E-state index in [0.717, 1.165) is 29.5 Å². The summed E-state index contributed by atoms with van der Waals surface area (Å²) in [7, 11) is -4.21. The van der Waals surface area contributed by atoms with Crippen molar-refractivity contribution in [3.8, 4) is 5.75 Å². The Hall–Kier alpha value is -2.07. The first kappa shape index (κ1) is 23.6. The van der Waals surface area contributed by atoms with Crippen LogP contribution < -0.4 is 0 Å². The SMILES string of the molecule is CC1=C(Cc2ccc(O)c(CC3=CC(C)CC=C3)c2)C(C)C(C)C(OCP(=O)(O)O)=C1. The summed E-state index contributed by atoms with van der Waals surface area (Å²) < 4.78 is 16.6. The van der Waals surface area contributed by atoms with Gasteiger partial charge in [-0.15, -0.1) is 0 Å². The van der Waals surface area contributed by atoms with Crippen molar-refractivity contribution >= 4 is 7.60 Å². The number of aromatic hydroxyl groups is 1. The molecule has 0 heterocycles. The molecule has 1 aromatic rings. The van der Waals surface area contributed by atoms with Crippen molar-refractivity contribution in [2.75, 3.05) is 6.35 Å². The zero-order chi connectivity index (χ0) is 22.8. The van der Waals surface area contributed by atoms with Crippen LogP contribution in [0.4, 0.5) is 0 Å². The number of hydrogen-bond donors (Lipinski definition) is 3. The van der Waals surface area contributed by atoms with Crippen molar-refractivity contribution in [3.05, 3.63) is 76.1 Å². The molecule has 0 saturated heterocycles. The molecule has 3 rings (SSSR count). The molecule has 0 saturated carbocycles. The van der Waals surface area contributed by atoms with Crippen molar-refractivity contribution in [2.24, 2.45) is 17.8 Å². The summed E-state index contributed by atoms with van der Waals surface area (Å²) in [6.07, 6.45) is 10.5. The Bertz CT molecular complexity index is 995. The highest BCUT2D eigenvalue weighted by atomic mass is 31.2. The van der Waals surface area contributed by atoms with E-state index in [1.165, 1.54) is 11.1 Å². The number of benzene rings is 1. The molecule has 3 unspecified atom stereocenters. The summed E-state index contributed by atoms with van der Waals surface area (Å²) in [5.41, 5.74) is 5.64. The fraction of sp³-hybridized carbons (Fsp3) is 0.440. The topological polar surface area (TPSA) is 87.0 Å². The largest absolute Gasteiger partial charge is 0.508 e. The molecular formula is C25H33O5P. The normalized spacial score (nSPS) is 24.1. The fourth-order valence-corrected chi connectivity index (χ4v) is 4.67. The quantitative estimate of drug-likeness (QED) is 0.474. The van der Waals surface area contributed by atoms with Crippen LogP contribution in [0.1, 0.15) is 45.2 Å². The average Bonchev–Trinajstić information content (AvgIpc) is 2.69. The van der Waals surface area contributed by atoms with Crippen molar-refractivity contribution in [2.45, 2.75) is 47.0 Å². The van der Waals surface area contributed by atoms with Gasteiger partial charge < -0.3 is 19.6 Å². The minimum atomic E-state index is -4.21. The number of allylic oxidation sites excluding steroid dienone is 8. The highest BCUT2D eigenvalue weighted by molar-refractivity contribution is 7.51. The van der Waals surface area contributed by atoms with Crippen LogP contribution >= 0.6 is 7.60 Å². The Morgan fingerprint density at radius 2 is 1.87 bits per heavy atom. The Morgan fingerprint density at radius 1 is 1.13 bits per heavy atom. The van der Waals surface area contributed by atoms with Crippen molar-refractivity contribution < 1.29 is 24.2 Å². The summed E-state index contributed by atoms with van der Waals surface area (Å²) in [4.78, 5) is 18.2. The predicted octanol–water partition coefficient (Wildman–Crippen LogP) is 5.64. The van der Waals surface area contributed by atoms with Gasteiger partial charge in [0, 0.05) is 12.3 Å². The minimum absolute atomic E-state index is 0.0286. The second-order valence-corrected chi connectivity index (χ2v) is 10.5. The first-order valence-corrected chi connectivity index (χ1v) is 12.6. The maximum atomic E-state index is 11.2. The van der Waals surface area contributed by atoms with Gasteiger partial charge in [0.05, 0.1) is 0 Å². The Morgan fingerprint density at radius 3 is 2.55 bits per heavy atom. The van der Waals surface area contributed by atoms with Gasteiger partial charge in [-0.25, -0.2) is 0 Å². The van der Waals surface area contributed by atoms with Gasteiger partial charge in [-0.2, -0.15) is 0 Å². The van der Waals surface area contributed by atoms with Gasteiger partial charge in [-0.1, -0.05) is 56.7 Å². The first-order valence-electron chi connectivity index (χ1n) is 10.8. The molecule has 5 nitrogen and oxygen atoms in total. The number of hydrogen-bond acceptors (Lipinski definition) is 3. The highest BCUT2D eigenvalue weighted by Crippen LogP contribution is 2.40. The van der Waals surface area contributed by atoms with E-state index in [1.54, 1.807) is 6.07 Å². The Kier molecular flexibility index (Phi) is 7.31. The molecule has 2 aliphatic rings. The summed E-state index contributed by atoms with van der Waals surface area (Å²) in [5, 5.41) is 10.4. The van der Waals surface area contributed by atoms with Crippen LogP contribution in [0.2, 0.25) is 0 Å². The van der Waals surface area contributed by atoms with Crippen LogP contribution in [-0.2, 0) is 22.1 Å². The molecule has 0 fully saturated rings. The molecule has 168 valence electrons. The number of phenolic OH excluding ortho intramolecular Hbond substituents is 1. The lowest BCUT2D eigenvalue weighted by Gasteiger charge is -2.31. The second kappa shape index (κ2) is 9.60. The molecular weight excluding hydrogens is 411 g/mol. The van der Waals surface area contributed by atoms with Crippen LogP contribution in [0, 0.1) is 17.8 Å². The molecule has 2 aliphatic carbocycles. The van der Waals surface area contributed by atoms with Crippen LogP contribution in [0.3, 0.4) is 0 Å². The lowest BCUT2D eigenvalue weighted by atomic mass is 9.78.